The molecule has 0 aliphatic rings. The highest BCUT2D eigenvalue weighted by atomic mass is 19.1. The Balaban J connectivity index is 1.88. The molecule has 0 saturated heterocycles. The summed E-state index contributed by atoms with van der Waals surface area (Å²) < 4.78 is 33.8. The number of carbonyl (C=O) groups excluding carboxylic acids is 1. The van der Waals surface area contributed by atoms with Gasteiger partial charge in [0.25, 0.3) is 5.56 Å². The number of rotatable bonds is 3. The van der Waals surface area contributed by atoms with Gasteiger partial charge in [0.05, 0.1) is 5.69 Å². The van der Waals surface area contributed by atoms with Gasteiger partial charge in [0, 0.05) is 53.7 Å². The summed E-state index contributed by atoms with van der Waals surface area (Å²) in [7, 11) is 0. The minimum absolute atomic E-state index is 0.116. The molecule has 0 unspecified atom stereocenters. The molecule has 146 valence electrons. The monoisotopic (exact) mass is 396 g/mol. The number of benzene rings is 1. The first-order valence-electron chi connectivity index (χ1n) is 8.56. The Bertz CT molecular complexity index is 1310. The molecule has 0 fully saturated rings. The Morgan fingerprint density at radius 1 is 1.17 bits per heavy atom. The van der Waals surface area contributed by atoms with Gasteiger partial charge in [0.1, 0.15) is 11.6 Å². The van der Waals surface area contributed by atoms with Crippen molar-refractivity contribution in [1.29, 1.82) is 0 Å². The molecule has 0 aliphatic carbocycles. The van der Waals surface area contributed by atoms with Gasteiger partial charge in [-0.2, -0.15) is 0 Å². The first kappa shape index (κ1) is 18.5. The molecule has 0 radical (unpaired) electrons. The first-order valence-corrected chi connectivity index (χ1v) is 8.56. The van der Waals surface area contributed by atoms with Gasteiger partial charge in [-0.25, -0.2) is 23.3 Å². The van der Waals surface area contributed by atoms with E-state index < -0.39 is 23.2 Å². The van der Waals surface area contributed by atoms with Crippen molar-refractivity contribution in [3.8, 4) is 28.3 Å². The molecule has 1 aromatic carbocycles. The lowest BCUT2D eigenvalue weighted by Crippen LogP contribution is -2.14. The highest BCUT2D eigenvalue weighted by Gasteiger charge is 2.18. The van der Waals surface area contributed by atoms with Crippen LogP contribution < -0.4 is 10.3 Å². The van der Waals surface area contributed by atoms with Gasteiger partial charge in [0.15, 0.2) is 5.65 Å². The Morgan fingerprint density at radius 2 is 1.97 bits per heavy atom. The average molecular weight is 396 g/mol. The minimum atomic E-state index is -0.762. The van der Waals surface area contributed by atoms with Crippen molar-refractivity contribution in [2.75, 3.05) is 0 Å². The van der Waals surface area contributed by atoms with Crippen LogP contribution >= 0.6 is 0 Å². The molecule has 4 rings (SSSR count). The maximum Gasteiger partial charge on any atom is 0.309 e. The second kappa shape index (κ2) is 6.93. The molecule has 1 N–H and O–H groups in total. The number of aromatic amines is 1. The van der Waals surface area contributed by atoms with Gasteiger partial charge in [0.2, 0.25) is 5.88 Å². The van der Waals surface area contributed by atoms with Crippen LogP contribution in [0.2, 0.25) is 0 Å². The van der Waals surface area contributed by atoms with Gasteiger partial charge < -0.3 is 4.74 Å². The fourth-order valence-electron chi connectivity index (χ4n) is 3.05. The predicted molar refractivity (Wildman–Crippen MR) is 100 cm³/mol. The van der Waals surface area contributed by atoms with E-state index >= 15 is 0 Å². The van der Waals surface area contributed by atoms with Crippen molar-refractivity contribution in [1.82, 2.24) is 19.6 Å². The number of carbonyl (C=O) groups is 1. The third-order valence-corrected chi connectivity index (χ3v) is 4.28. The molecule has 4 aromatic rings. The van der Waals surface area contributed by atoms with Crippen LogP contribution in [0.25, 0.3) is 28.0 Å². The highest BCUT2D eigenvalue weighted by Crippen LogP contribution is 2.30. The van der Waals surface area contributed by atoms with Crippen LogP contribution in [0, 0.1) is 18.6 Å². The molecule has 0 saturated carbocycles. The predicted octanol–water partition coefficient (Wildman–Crippen LogP) is 3.26. The molecular formula is C20H14F2N4O3. The standard InChI is InChI=1S/C20H14F2N4O3/c1-10-19(14-5-4-13(21)7-15(14)22)20-24-16(8-18(28)26(20)25-10)12-3-6-17(23-9-12)29-11(2)27/h3-9,25H,1-2H3. The number of aromatic nitrogens is 4. The van der Waals surface area contributed by atoms with Crippen molar-refractivity contribution >= 4 is 11.6 Å². The van der Waals surface area contributed by atoms with Crippen molar-refractivity contribution < 1.29 is 18.3 Å². The molecule has 29 heavy (non-hydrogen) atoms. The van der Waals surface area contributed by atoms with Gasteiger partial charge in [-0.05, 0) is 25.1 Å². The number of aryl methyl sites for hydroxylation is 1. The van der Waals surface area contributed by atoms with Crippen molar-refractivity contribution in [2.45, 2.75) is 13.8 Å². The van der Waals surface area contributed by atoms with Crippen LogP contribution in [-0.2, 0) is 4.79 Å². The number of nitrogens with zero attached hydrogens (tertiary/aromatic N) is 3. The van der Waals surface area contributed by atoms with Gasteiger partial charge in [-0.1, -0.05) is 0 Å². The minimum Gasteiger partial charge on any atom is -0.408 e. The van der Waals surface area contributed by atoms with Crippen LogP contribution in [-0.4, -0.2) is 25.6 Å². The zero-order chi connectivity index (χ0) is 20.7. The summed E-state index contributed by atoms with van der Waals surface area (Å²) in [6.07, 6.45) is 1.41. The molecule has 0 amide bonds. The van der Waals surface area contributed by atoms with Crippen molar-refractivity contribution in [3.63, 3.8) is 0 Å². The maximum atomic E-state index is 14.4. The molecule has 3 aromatic heterocycles. The number of hydrogen-bond donors (Lipinski definition) is 1. The maximum absolute atomic E-state index is 14.4. The van der Waals surface area contributed by atoms with Gasteiger partial charge in [-0.15, -0.1) is 0 Å². The lowest BCUT2D eigenvalue weighted by atomic mass is 10.1. The Labute approximate surface area is 162 Å². The number of ether oxygens (including phenoxy) is 1. The second-order valence-electron chi connectivity index (χ2n) is 6.35. The van der Waals surface area contributed by atoms with E-state index in [-0.39, 0.29) is 17.1 Å². The number of H-pyrrole nitrogens is 1. The SMILES string of the molecule is CC(=O)Oc1ccc(-c2cc(=O)n3[nH]c(C)c(-c4ccc(F)cc4F)c3n2)cn1. The number of esters is 1. The summed E-state index contributed by atoms with van der Waals surface area (Å²) in [5.74, 6) is -1.85. The molecular weight excluding hydrogens is 382 g/mol. The normalized spacial score (nSPS) is 11.0. The second-order valence-corrected chi connectivity index (χ2v) is 6.35. The number of halogens is 2. The summed E-state index contributed by atoms with van der Waals surface area (Å²) in [4.78, 5) is 32.1. The number of fused-ring (bicyclic) bond motifs is 1. The van der Waals surface area contributed by atoms with E-state index in [0.29, 0.717) is 22.5 Å². The zero-order valence-electron chi connectivity index (χ0n) is 15.4. The third kappa shape index (κ3) is 3.38. The van der Waals surface area contributed by atoms with E-state index in [2.05, 4.69) is 15.1 Å². The molecule has 0 spiro atoms. The molecule has 9 heteroatoms. The highest BCUT2D eigenvalue weighted by molar-refractivity contribution is 5.81. The summed E-state index contributed by atoms with van der Waals surface area (Å²) in [6.45, 7) is 2.93. The topological polar surface area (TPSA) is 89.4 Å². The number of pyridine rings is 1. The van der Waals surface area contributed by atoms with Crippen molar-refractivity contribution in [3.05, 3.63) is 70.3 Å². The van der Waals surface area contributed by atoms with Crippen LogP contribution in [0.15, 0.2) is 47.4 Å². The van der Waals surface area contributed by atoms with E-state index in [4.69, 9.17) is 4.74 Å². The van der Waals surface area contributed by atoms with E-state index in [1.165, 1.54) is 35.8 Å². The number of nitrogens with one attached hydrogen (secondary N) is 1. The number of hydrogen-bond acceptors (Lipinski definition) is 5. The molecule has 0 bridgehead atoms. The van der Waals surface area contributed by atoms with E-state index in [1.54, 1.807) is 13.0 Å². The molecule has 0 atom stereocenters. The molecule has 3 heterocycles. The van der Waals surface area contributed by atoms with E-state index in [1.807, 2.05) is 0 Å². The summed E-state index contributed by atoms with van der Waals surface area (Å²) in [6, 6.07) is 7.59. The van der Waals surface area contributed by atoms with Crippen LogP contribution in [0.3, 0.4) is 0 Å². The summed E-state index contributed by atoms with van der Waals surface area (Å²) in [5.41, 5.74) is 1.57. The van der Waals surface area contributed by atoms with Gasteiger partial charge >= 0.3 is 5.97 Å². The fourth-order valence-corrected chi connectivity index (χ4v) is 3.05. The third-order valence-electron chi connectivity index (χ3n) is 4.28. The lowest BCUT2D eigenvalue weighted by Gasteiger charge is -2.05. The summed E-state index contributed by atoms with van der Waals surface area (Å²) >= 11 is 0. The van der Waals surface area contributed by atoms with Crippen LogP contribution in [0.5, 0.6) is 5.88 Å². The van der Waals surface area contributed by atoms with Crippen LogP contribution in [0.4, 0.5) is 8.78 Å². The lowest BCUT2D eigenvalue weighted by molar-refractivity contribution is -0.132. The van der Waals surface area contributed by atoms with Gasteiger partial charge in [-0.3, -0.25) is 14.7 Å². The Kier molecular flexibility index (Phi) is 4.42. The van der Waals surface area contributed by atoms with E-state index in [0.717, 1.165) is 12.1 Å². The Morgan fingerprint density at radius 3 is 2.62 bits per heavy atom. The van der Waals surface area contributed by atoms with Crippen LogP contribution in [0.1, 0.15) is 12.6 Å². The smallest absolute Gasteiger partial charge is 0.309 e. The fraction of sp³-hybridized carbons (Fsp3) is 0.100. The zero-order valence-corrected chi connectivity index (χ0v) is 15.4. The van der Waals surface area contributed by atoms with Crippen molar-refractivity contribution in [2.24, 2.45) is 0 Å². The quantitative estimate of drug-likeness (QED) is 0.537. The largest absolute Gasteiger partial charge is 0.408 e. The molecule has 0 aliphatic heterocycles. The average Bonchev–Trinajstić information content (AvgIpc) is 2.99. The Hall–Kier alpha value is -3.88. The van der Waals surface area contributed by atoms with E-state index in [9.17, 15) is 18.4 Å². The summed E-state index contributed by atoms with van der Waals surface area (Å²) in [5, 5.41) is 2.85. The molecule has 7 nitrogen and oxygen atoms in total. The first-order chi connectivity index (χ1) is 13.8.